The maximum Gasteiger partial charge on any atom is 0.407 e. The number of esters is 1. The summed E-state index contributed by atoms with van der Waals surface area (Å²) in [6.45, 7) is 10.0. The van der Waals surface area contributed by atoms with Gasteiger partial charge in [0.2, 0.25) is 11.8 Å². The van der Waals surface area contributed by atoms with E-state index in [9.17, 15) is 19.2 Å². The van der Waals surface area contributed by atoms with Gasteiger partial charge >= 0.3 is 12.1 Å². The number of hydrogen-bond acceptors (Lipinski definition) is 8. The zero-order chi connectivity index (χ0) is 32.7. The lowest BCUT2D eigenvalue weighted by Crippen LogP contribution is -2.56. The van der Waals surface area contributed by atoms with Crippen molar-refractivity contribution < 1.29 is 33.4 Å². The lowest BCUT2D eigenvalue weighted by atomic mass is 9.99. The monoisotopic (exact) mass is 612 g/mol. The Morgan fingerprint density at radius 2 is 1.50 bits per heavy atom. The summed E-state index contributed by atoms with van der Waals surface area (Å²) in [7, 11) is 2.77. The topological polar surface area (TPSA) is 144 Å². The molecule has 11 heteroatoms. The van der Waals surface area contributed by atoms with E-state index in [4.69, 9.17) is 14.2 Å². The van der Waals surface area contributed by atoms with Gasteiger partial charge in [-0.25, -0.2) is 4.79 Å². The average molecular weight is 613 g/mol. The van der Waals surface area contributed by atoms with Gasteiger partial charge in [0.05, 0.1) is 13.2 Å². The van der Waals surface area contributed by atoms with Crippen LogP contribution in [-0.2, 0) is 36.9 Å². The second kappa shape index (κ2) is 17.9. The number of alkyl carbamates (subject to hydrolysis) is 1. The number of carbonyl (C=O) groups excluding carboxylic acids is 4. The lowest BCUT2D eigenvalue weighted by molar-refractivity contribution is -0.144. The number of nitrogens with one attached hydrogen (secondary N) is 4. The van der Waals surface area contributed by atoms with E-state index in [-0.39, 0.29) is 43.4 Å². The fraction of sp³-hybridized carbons (Fsp3) is 0.515. The van der Waals surface area contributed by atoms with Crippen molar-refractivity contribution >= 4 is 23.9 Å². The van der Waals surface area contributed by atoms with Crippen LogP contribution in [0.15, 0.2) is 54.6 Å². The van der Waals surface area contributed by atoms with Crippen LogP contribution >= 0.6 is 0 Å². The molecule has 0 aliphatic carbocycles. The van der Waals surface area contributed by atoms with Crippen LogP contribution in [0.2, 0.25) is 0 Å². The zero-order valence-electron chi connectivity index (χ0n) is 26.9. The molecule has 0 fully saturated rings. The summed E-state index contributed by atoms with van der Waals surface area (Å²) in [6, 6.07) is 14.1. The predicted octanol–water partition coefficient (Wildman–Crippen LogP) is 3.50. The third-order valence-electron chi connectivity index (χ3n) is 6.49. The third kappa shape index (κ3) is 13.5. The van der Waals surface area contributed by atoms with Crippen LogP contribution in [0, 0.1) is 5.92 Å². The third-order valence-corrected chi connectivity index (χ3v) is 6.49. The highest BCUT2D eigenvalue weighted by Crippen LogP contribution is 2.19. The second-order valence-corrected chi connectivity index (χ2v) is 11.9. The first-order valence-corrected chi connectivity index (χ1v) is 14.9. The summed E-state index contributed by atoms with van der Waals surface area (Å²) in [5.74, 6) is -0.554. The molecule has 0 bridgehead atoms. The first-order valence-electron chi connectivity index (χ1n) is 14.9. The number of likely N-dealkylation sites (N-methyl/N-ethyl adjacent to an activating group) is 1. The molecule has 0 aliphatic heterocycles. The van der Waals surface area contributed by atoms with Gasteiger partial charge in [0.15, 0.2) is 0 Å². The average Bonchev–Trinajstić information content (AvgIpc) is 2.98. The number of carbonyl (C=O) groups is 4. The Labute approximate surface area is 260 Å². The van der Waals surface area contributed by atoms with E-state index in [0.717, 1.165) is 11.1 Å². The maximum absolute atomic E-state index is 13.5. The van der Waals surface area contributed by atoms with Crippen molar-refractivity contribution in [3.05, 3.63) is 65.7 Å². The molecule has 0 aromatic heterocycles. The van der Waals surface area contributed by atoms with Crippen molar-refractivity contribution in [3.8, 4) is 5.75 Å². The van der Waals surface area contributed by atoms with Crippen LogP contribution in [0.4, 0.5) is 4.79 Å². The number of hydrogen-bond donors (Lipinski definition) is 4. The standard InChI is InChI=1S/C33H48N4O7/c1-22(2)19-27(36-26(31(40)42-7)17-18-35-32(41)43-21-24-11-9-8-10-12-24)30(39)37-28(29(38)34-6)20-23-13-15-25(16-14-23)44-33(3,4)5/h8-16,22,26-28,36H,17-21H2,1-7H3,(H,34,38)(H,35,41)(H,37,39)/t26-,27+,28+/m1/s1. The van der Waals surface area contributed by atoms with Gasteiger partial charge in [-0.2, -0.15) is 0 Å². The molecular formula is C33H48N4O7. The summed E-state index contributed by atoms with van der Waals surface area (Å²) >= 11 is 0. The SMILES string of the molecule is CNC(=O)[C@H](Cc1ccc(OC(C)(C)C)cc1)NC(=O)[C@H](CC(C)C)N[C@H](CCNC(=O)OCc1ccccc1)C(=O)OC. The fourth-order valence-corrected chi connectivity index (χ4v) is 4.41. The van der Waals surface area contributed by atoms with Crippen LogP contribution in [0.5, 0.6) is 5.75 Å². The van der Waals surface area contributed by atoms with Crippen molar-refractivity contribution in [3.63, 3.8) is 0 Å². The van der Waals surface area contributed by atoms with Crippen LogP contribution in [0.1, 0.15) is 58.6 Å². The molecule has 0 saturated carbocycles. The molecule has 0 radical (unpaired) electrons. The fourth-order valence-electron chi connectivity index (χ4n) is 4.41. The molecule has 3 amide bonds. The second-order valence-electron chi connectivity index (χ2n) is 11.9. The van der Waals surface area contributed by atoms with Gasteiger partial charge in [-0.15, -0.1) is 0 Å². The van der Waals surface area contributed by atoms with Crippen molar-refractivity contribution in [2.45, 2.75) is 84.2 Å². The maximum atomic E-state index is 13.5. The van der Waals surface area contributed by atoms with Crippen LogP contribution in [0.3, 0.4) is 0 Å². The molecule has 44 heavy (non-hydrogen) atoms. The van der Waals surface area contributed by atoms with E-state index in [1.54, 1.807) is 0 Å². The molecule has 2 aromatic carbocycles. The molecule has 2 rings (SSSR count). The van der Waals surface area contributed by atoms with E-state index < -0.39 is 36.1 Å². The minimum atomic E-state index is -0.891. The van der Waals surface area contributed by atoms with E-state index in [0.29, 0.717) is 12.2 Å². The van der Waals surface area contributed by atoms with E-state index >= 15 is 0 Å². The molecule has 0 spiro atoms. The van der Waals surface area contributed by atoms with Crippen molar-refractivity contribution in [1.29, 1.82) is 0 Å². The number of amides is 3. The van der Waals surface area contributed by atoms with Crippen LogP contribution in [0.25, 0.3) is 0 Å². The minimum absolute atomic E-state index is 0.0939. The first kappa shape index (κ1) is 36.1. The van der Waals surface area contributed by atoms with E-state index in [1.807, 2.05) is 89.2 Å². The molecular weight excluding hydrogens is 564 g/mol. The van der Waals surface area contributed by atoms with Gasteiger partial charge in [0, 0.05) is 20.0 Å². The van der Waals surface area contributed by atoms with Crippen molar-refractivity contribution in [2.75, 3.05) is 20.7 Å². The molecule has 242 valence electrons. The molecule has 3 atom stereocenters. The molecule has 4 N–H and O–H groups in total. The van der Waals surface area contributed by atoms with E-state index in [2.05, 4.69) is 21.3 Å². The quantitative estimate of drug-likeness (QED) is 0.211. The van der Waals surface area contributed by atoms with Crippen molar-refractivity contribution in [2.24, 2.45) is 5.92 Å². The largest absolute Gasteiger partial charge is 0.488 e. The minimum Gasteiger partial charge on any atom is -0.488 e. The Kier molecular flexibility index (Phi) is 14.6. The predicted molar refractivity (Wildman–Crippen MR) is 168 cm³/mol. The lowest BCUT2D eigenvalue weighted by Gasteiger charge is -2.27. The Bertz CT molecular complexity index is 1200. The van der Waals surface area contributed by atoms with Crippen molar-refractivity contribution in [1.82, 2.24) is 21.3 Å². The van der Waals surface area contributed by atoms with Crippen LogP contribution in [-0.4, -0.2) is 68.3 Å². The highest BCUT2D eigenvalue weighted by molar-refractivity contribution is 5.90. The Morgan fingerprint density at radius 1 is 0.841 bits per heavy atom. The highest BCUT2D eigenvalue weighted by Gasteiger charge is 2.30. The van der Waals surface area contributed by atoms with Gasteiger partial charge in [-0.05, 0) is 62.8 Å². The van der Waals surface area contributed by atoms with Gasteiger partial charge in [-0.3, -0.25) is 19.7 Å². The summed E-state index contributed by atoms with van der Waals surface area (Å²) in [5, 5.41) is 11.2. The number of ether oxygens (including phenoxy) is 3. The van der Waals surface area contributed by atoms with Gasteiger partial charge in [0.25, 0.3) is 0 Å². The summed E-state index contributed by atoms with van der Waals surface area (Å²) in [5.41, 5.74) is 1.34. The molecule has 2 aromatic rings. The summed E-state index contributed by atoms with van der Waals surface area (Å²) < 4.78 is 16.1. The normalized spacial score (nSPS) is 13.3. The summed E-state index contributed by atoms with van der Waals surface area (Å²) in [6.07, 6.45) is 0.174. The number of benzene rings is 2. The summed E-state index contributed by atoms with van der Waals surface area (Å²) in [4.78, 5) is 51.1. The first-order chi connectivity index (χ1) is 20.8. The Morgan fingerprint density at radius 3 is 2.07 bits per heavy atom. The zero-order valence-corrected chi connectivity index (χ0v) is 26.9. The number of methoxy groups -OCH3 is 1. The molecule has 11 nitrogen and oxygen atoms in total. The van der Waals surface area contributed by atoms with Gasteiger partial charge in [0.1, 0.15) is 30.0 Å². The smallest absolute Gasteiger partial charge is 0.407 e. The number of rotatable bonds is 16. The molecule has 0 saturated heterocycles. The molecule has 0 heterocycles. The Balaban J connectivity index is 2.06. The van der Waals surface area contributed by atoms with E-state index in [1.165, 1.54) is 14.2 Å². The van der Waals surface area contributed by atoms with Gasteiger partial charge < -0.3 is 30.2 Å². The Hall–Kier alpha value is -4.12. The van der Waals surface area contributed by atoms with Crippen LogP contribution < -0.4 is 26.0 Å². The molecule has 0 unspecified atom stereocenters. The molecule has 0 aliphatic rings. The highest BCUT2D eigenvalue weighted by atomic mass is 16.5. The van der Waals surface area contributed by atoms with Gasteiger partial charge in [-0.1, -0.05) is 56.3 Å².